The van der Waals surface area contributed by atoms with E-state index < -0.39 is 23.5 Å². The lowest BCUT2D eigenvalue weighted by atomic mass is 9.93. The van der Waals surface area contributed by atoms with Crippen molar-refractivity contribution in [3.8, 4) is 0 Å². The average molecular weight is 245 g/mol. The summed E-state index contributed by atoms with van der Waals surface area (Å²) in [6.07, 6.45) is 1.59. The Hall–Kier alpha value is -1.14. The lowest BCUT2D eigenvalue weighted by molar-refractivity contribution is -0.144. The van der Waals surface area contributed by atoms with E-state index in [1.54, 1.807) is 14.0 Å². The number of carbonyl (C=O) groups excluding carboxylic acids is 1. The van der Waals surface area contributed by atoms with E-state index in [-0.39, 0.29) is 0 Å². The second-order valence-corrected chi connectivity index (χ2v) is 4.35. The van der Waals surface area contributed by atoms with Crippen LogP contribution in [0.5, 0.6) is 0 Å². The third-order valence-corrected chi connectivity index (χ3v) is 2.86. The summed E-state index contributed by atoms with van der Waals surface area (Å²) in [5.74, 6) is -1.37. The van der Waals surface area contributed by atoms with Crippen LogP contribution in [0.15, 0.2) is 0 Å². The van der Waals surface area contributed by atoms with Crippen molar-refractivity contribution in [1.82, 2.24) is 10.6 Å². The molecule has 0 bridgehead atoms. The van der Waals surface area contributed by atoms with Crippen molar-refractivity contribution >= 4 is 11.9 Å². The minimum Gasteiger partial charge on any atom is -0.480 e. The van der Waals surface area contributed by atoms with Crippen molar-refractivity contribution < 1.29 is 14.7 Å². The predicted molar refractivity (Wildman–Crippen MR) is 65.6 cm³/mol. The van der Waals surface area contributed by atoms with Crippen molar-refractivity contribution in [2.45, 2.75) is 44.7 Å². The first-order valence-corrected chi connectivity index (χ1v) is 5.82. The Morgan fingerprint density at radius 2 is 2.06 bits per heavy atom. The first-order chi connectivity index (χ1) is 7.87. The highest BCUT2D eigenvalue weighted by molar-refractivity contribution is 5.80. The summed E-state index contributed by atoms with van der Waals surface area (Å²) in [7, 11) is 1.63. The van der Waals surface area contributed by atoms with Crippen LogP contribution in [0.25, 0.3) is 0 Å². The number of amides is 1. The highest BCUT2D eigenvalue weighted by Gasteiger charge is 2.33. The molecule has 0 rings (SSSR count). The smallest absolute Gasteiger partial charge is 0.323 e. The van der Waals surface area contributed by atoms with Gasteiger partial charge in [0.1, 0.15) is 5.54 Å². The predicted octanol–water partition coefficient (Wildman–Crippen LogP) is -0.317. The summed E-state index contributed by atoms with van der Waals surface area (Å²) >= 11 is 0. The molecule has 0 fully saturated rings. The lowest BCUT2D eigenvalue weighted by Crippen LogP contribution is -2.51. The normalized spacial score (nSPS) is 16.2. The molecule has 0 spiro atoms. The zero-order chi connectivity index (χ0) is 13.5. The van der Waals surface area contributed by atoms with Crippen LogP contribution < -0.4 is 16.4 Å². The quantitative estimate of drug-likeness (QED) is 0.446. The number of likely N-dealkylation sites (N-methyl/N-ethyl adjacent to an activating group) is 1. The molecule has 0 heterocycles. The van der Waals surface area contributed by atoms with Crippen molar-refractivity contribution in [2.24, 2.45) is 5.73 Å². The van der Waals surface area contributed by atoms with Crippen LogP contribution >= 0.6 is 0 Å². The molecule has 2 atom stereocenters. The van der Waals surface area contributed by atoms with Gasteiger partial charge in [-0.15, -0.1) is 0 Å². The molecule has 2 unspecified atom stereocenters. The molecule has 0 aromatic rings. The van der Waals surface area contributed by atoms with Crippen LogP contribution in [0.3, 0.4) is 0 Å². The van der Waals surface area contributed by atoms with Gasteiger partial charge in [-0.05, 0) is 39.8 Å². The molecule has 0 aliphatic heterocycles. The summed E-state index contributed by atoms with van der Waals surface area (Å²) in [6, 6.07) is -0.489. The fourth-order valence-corrected chi connectivity index (χ4v) is 1.53. The Morgan fingerprint density at radius 3 is 2.41 bits per heavy atom. The summed E-state index contributed by atoms with van der Waals surface area (Å²) in [5.41, 5.74) is 4.17. The third-order valence-electron chi connectivity index (χ3n) is 2.86. The Bertz CT molecular complexity index is 271. The lowest BCUT2D eigenvalue weighted by Gasteiger charge is -2.27. The maximum absolute atomic E-state index is 11.2. The largest absolute Gasteiger partial charge is 0.480 e. The van der Waals surface area contributed by atoms with E-state index in [9.17, 15) is 14.7 Å². The maximum atomic E-state index is 11.2. The second kappa shape index (κ2) is 7.24. The van der Waals surface area contributed by atoms with Crippen molar-refractivity contribution in [1.29, 1.82) is 0 Å². The molecule has 0 aromatic carbocycles. The fraction of sp³-hybridized carbons (Fsp3) is 0.818. The first kappa shape index (κ1) is 15.9. The molecule has 6 nitrogen and oxygen atoms in total. The molecule has 0 aliphatic rings. The van der Waals surface area contributed by atoms with Crippen LogP contribution in [-0.4, -0.2) is 42.2 Å². The molecular formula is C11H23N3O3. The van der Waals surface area contributed by atoms with E-state index in [4.69, 9.17) is 5.73 Å². The highest BCUT2D eigenvalue weighted by atomic mass is 16.4. The molecular weight excluding hydrogens is 222 g/mol. The van der Waals surface area contributed by atoms with Crippen LogP contribution in [0, 0.1) is 0 Å². The zero-order valence-corrected chi connectivity index (χ0v) is 10.7. The van der Waals surface area contributed by atoms with Crippen molar-refractivity contribution in [2.75, 3.05) is 13.6 Å². The number of carbonyl (C=O) groups is 2. The fourth-order valence-electron chi connectivity index (χ4n) is 1.53. The summed E-state index contributed by atoms with van der Waals surface area (Å²) in [4.78, 5) is 22.2. The number of carboxylic acid groups (broad SMARTS) is 1. The number of nitrogens with two attached hydrogens (primary N) is 1. The van der Waals surface area contributed by atoms with E-state index in [1.165, 1.54) is 0 Å². The molecule has 0 saturated carbocycles. The Labute approximate surface area is 102 Å². The molecule has 1 amide bonds. The van der Waals surface area contributed by atoms with Gasteiger partial charge in [0.05, 0.1) is 6.04 Å². The Morgan fingerprint density at radius 1 is 1.47 bits per heavy atom. The standard InChI is InChI=1S/C11H23N3O3/c1-4-7-14-11(2,10(16)17)6-5-8(13-3)9(12)15/h8,13-14H,4-7H2,1-3H3,(H2,12,15)(H,16,17). The van der Waals surface area contributed by atoms with Crippen LogP contribution in [0.1, 0.15) is 33.1 Å². The van der Waals surface area contributed by atoms with E-state index in [0.29, 0.717) is 19.4 Å². The van der Waals surface area contributed by atoms with Gasteiger partial charge >= 0.3 is 5.97 Å². The summed E-state index contributed by atoms with van der Waals surface area (Å²) in [6.45, 7) is 4.22. The SMILES string of the molecule is CCCNC(C)(CCC(NC)C(N)=O)C(=O)O. The molecule has 0 radical (unpaired) electrons. The van der Waals surface area contributed by atoms with E-state index in [1.807, 2.05) is 6.92 Å². The molecule has 5 N–H and O–H groups in total. The van der Waals surface area contributed by atoms with E-state index >= 15 is 0 Å². The topological polar surface area (TPSA) is 104 Å². The number of hydrogen-bond acceptors (Lipinski definition) is 4. The van der Waals surface area contributed by atoms with Crippen molar-refractivity contribution in [3.05, 3.63) is 0 Å². The number of nitrogens with one attached hydrogen (secondary N) is 2. The van der Waals surface area contributed by atoms with Gasteiger partial charge < -0.3 is 21.5 Å². The van der Waals surface area contributed by atoms with Crippen LogP contribution in [0.4, 0.5) is 0 Å². The molecule has 0 aliphatic carbocycles. The van der Waals surface area contributed by atoms with Gasteiger partial charge in [-0.1, -0.05) is 6.92 Å². The minimum absolute atomic E-state index is 0.344. The van der Waals surface area contributed by atoms with Gasteiger partial charge in [-0.25, -0.2) is 0 Å². The monoisotopic (exact) mass is 245 g/mol. The van der Waals surface area contributed by atoms with E-state index in [2.05, 4.69) is 10.6 Å². The molecule has 6 heteroatoms. The Kier molecular flexibility index (Phi) is 6.75. The number of hydrogen-bond donors (Lipinski definition) is 4. The van der Waals surface area contributed by atoms with Gasteiger partial charge in [-0.3, -0.25) is 9.59 Å². The third kappa shape index (κ3) is 5.14. The number of primary amides is 1. The first-order valence-electron chi connectivity index (χ1n) is 5.82. The number of rotatable bonds is 9. The van der Waals surface area contributed by atoms with E-state index in [0.717, 1.165) is 6.42 Å². The second-order valence-electron chi connectivity index (χ2n) is 4.35. The highest BCUT2D eigenvalue weighted by Crippen LogP contribution is 2.14. The molecule has 17 heavy (non-hydrogen) atoms. The van der Waals surface area contributed by atoms with Crippen LogP contribution in [-0.2, 0) is 9.59 Å². The van der Waals surface area contributed by atoms with Gasteiger partial charge in [0.15, 0.2) is 0 Å². The van der Waals surface area contributed by atoms with Gasteiger partial charge in [0, 0.05) is 0 Å². The maximum Gasteiger partial charge on any atom is 0.323 e. The average Bonchev–Trinajstić information content (AvgIpc) is 2.26. The summed E-state index contributed by atoms with van der Waals surface area (Å²) in [5, 5.41) is 14.9. The molecule has 100 valence electrons. The van der Waals surface area contributed by atoms with Gasteiger partial charge in [0.25, 0.3) is 0 Å². The number of aliphatic carboxylic acids is 1. The molecule has 0 aromatic heterocycles. The number of carboxylic acids is 1. The zero-order valence-electron chi connectivity index (χ0n) is 10.7. The van der Waals surface area contributed by atoms with Gasteiger partial charge in [-0.2, -0.15) is 0 Å². The minimum atomic E-state index is -1.01. The molecule has 0 saturated heterocycles. The summed E-state index contributed by atoms with van der Waals surface area (Å²) < 4.78 is 0. The van der Waals surface area contributed by atoms with Gasteiger partial charge in [0.2, 0.25) is 5.91 Å². The van der Waals surface area contributed by atoms with Crippen molar-refractivity contribution in [3.63, 3.8) is 0 Å². The van der Waals surface area contributed by atoms with Crippen LogP contribution in [0.2, 0.25) is 0 Å². The Balaban J connectivity index is 4.44.